The summed E-state index contributed by atoms with van der Waals surface area (Å²) in [7, 11) is 1.63. The topological polar surface area (TPSA) is 82.2 Å². The van der Waals surface area contributed by atoms with Crippen molar-refractivity contribution in [2.75, 3.05) is 24.8 Å². The molecule has 3 N–H and O–H groups in total. The van der Waals surface area contributed by atoms with Gasteiger partial charge in [0, 0.05) is 30.6 Å². The van der Waals surface area contributed by atoms with Crippen LogP contribution in [0.4, 0.5) is 11.5 Å². The summed E-state index contributed by atoms with van der Waals surface area (Å²) in [5, 5.41) is 6.99. The van der Waals surface area contributed by atoms with E-state index < -0.39 is 0 Å². The molecule has 21 heavy (non-hydrogen) atoms. The predicted molar refractivity (Wildman–Crippen MR) is 84.9 cm³/mol. The maximum Gasteiger partial charge on any atom is 0.257 e. The van der Waals surface area contributed by atoms with Crippen LogP contribution in [0.15, 0.2) is 30.5 Å². The quantitative estimate of drug-likeness (QED) is 0.829. The molecule has 2 aromatic rings. The molecule has 0 aliphatic heterocycles. The van der Waals surface area contributed by atoms with E-state index in [1.54, 1.807) is 36.2 Å². The molecule has 1 amide bonds. The highest BCUT2D eigenvalue weighted by Crippen LogP contribution is 2.14. The van der Waals surface area contributed by atoms with Crippen LogP contribution in [0.2, 0.25) is 0 Å². The Morgan fingerprint density at radius 1 is 1.43 bits per heavy atom. The number of nitrogens with one attached hydrogen (secondary N) is 1. The van der Waals surface area contributed by atoms with Gasteiger partial charge in [-0.25, -0.2) is 0 Å². The normalized spacial score (nSPS) is 10.0. The summed E-state index contributed by atoms with van der Waals surface area (Å²) in [6.07, 6.45) is 1.79. The molecule has 0 saturated carbocycles. The van der Waals surface area contributed by atoms with Gasteiger partial charge in [-0.2, -0.15) is 5.10 Å². The number of aryl methyl sites for hydroxylation is 1. The van der Waals surface area contributed by atoms with Crippen LogP contribution in [-0.4, -0.2) is 29.4 Å². The Morgan fingerprint density at radius 2 is 2.19 bits per heavy atom. The van der Waals surface area contributed by atoms with Crippen LogP contribution in [-0.2, 0) is 11.3 Å². The van der Waals surface area contributed by atoms with Gasteiger partial charge >= 0.3 is 0 Å². The van der Waals surface area contributed by atoms with E-state index in [0.717, 1.165) is 5.56 Å². The second kappa shape index (κ2) is 7.66. The smallest absolute Gasteiger partial charge is 0.257 e. The molecule has 0 radical (unpaired) electrons. The molecule has 0 atom stereocenters. The molecule has 0 aliphatic rings. The minimum absolute atomic E-state index is 0. The van der Waals surface area contributed by atoms with E-state index in [-0.39, 0.29) is 18.3 Å². The number of hydrogen-bond acceptors (Lipinski definition) is 4. The van der Waals surface area contributed by atoms with Crippen LogP contribution in [0.25, 0.3) is 0 Å². The van der Waals surface area contributed by atoms with Crippen molar-refractivity contribution in [2.45, 2.75) is 13.5 Å². The minimum atomic E-state index is -0.216. The fraction of sp³-hybridized carbons (Fsp3) is 0.286. The summed E-state index contributed by atoms with van der Waals surface area (Å²) in [6, 6.07) is 6.99. The van der Waals surface area contributed by atoms with Gasteiger partial charge in [0.1, 0.15) is 0 Å². The van der Waals surface area contributed by atoms with Gasteiger partial charge in [-0.3, -0.25) is 9.48 Å². The van der Waals surface area contributed by atoms with Crippen LogP contribution in [0.3, 0.4) is 0 Å². The molecule has 2 rings (SSSR count). The first-order chi connectivity index (χ1) is 9.60. The highest BCUT2D eigenvalue weighted by Gasteiger charge is 2.11. The summed E-state index contributed by atoms with van der Waals surface area (Å²) in [5.41, 5.74) is 7.69. The standard InChI is InChI=1S/C14H18N4O2.ClH/c1-10-3-4-11(15)9-12(10)14(19)16-13-5-6-18(17-13)7-8-20-2;/h3-6,9H,7-8,15H2,1-2H3,(H,16,17,19);1H. The number of nitrogens with zero attached hydrogens (tertiary/aromatic N) is 2. The van der Waals surface area contributed by atoms with Crippen LogP contribution in [0.1, 0.15) is 15.9 Å². The Bertz CT molecular complexity index is 613. The molecule has 7 heteroatoms. The Hall–Kier alpha value is -2.05. The van der Waals surface area contributed by atoms with E-state index in [1.807, 2.05) is 13.0 Å². The minimum Gasteiger partial charge on any atom is -0.399 e. The maximum absolute atomic E-state index is 12.2. The monoisotopic (exact) mass is 310 g/mol. The zero-order valence-electron chi connectivity index (χ0n) is 12.0. The van der Waals surface area contributed by atoms with Gasteiger partial charge in [-0.15, -0.1) is 12.4 Å². The van der Waals surface area contributed by atoms with E-state index in [1.165, 1.54) is 0 Å². The zero-order valence-corrected chi connectivity index (χ0v) is 12.8. The number of rotatable bonds is 5. The highest BCUT2D eigenvalue weighted by atomic mass is 35.5. The van der Waals surface area contributed by atoms with Crippen molar-refractivity contribution in [2.24, 2.45) is 0 Å². The lowest BCUT2D eigenvalue weighted by Gasteiger charge is -2.06. The third-order valence-corrected chi connectivity index (χ3v) is 2.91. The number of methoxy groups -OCH3 is 1. The number of hydrogen-bond donors (Lipinski definition) is 2. The van der Waals surface area contributed by atoms with E-state index in [4.69, 9.17) is 10.5 Å². The number of nitrogen functional groups attached to an aromatic ring is 1. The first kappa shape index (κ1) is 17.0. The van der Waals surface area contributed by atoms with Crippen molar-refractivity contribution in [1.29, 1.82) is 0 Å². The zero-order chi connectivity index (χ0) is 14.5. The van der Waals surface area contributed by atoms with Crippen molar-refractivity contribution in [3.63, 3.8) is 0 Å². The number of anilines is 2. The average molecular weight is 311 g/mol. The van der Waals surface area contributed by atoms with E-state index >= 15 is 0 Å². The molecule has 1 heterocycles. The van der Waals surface area contributed by atoms with Crippen LogP contribution < -0.4 is 11.1 Å². The van der Waals surface area contributed by atoms with E-state index in [2.05, 4.69) is 10.4 Å². The van der Waals surface area contributed by atoms with Gasteiger partial charge in [0.15, 0.2) is 5.82 Å². The fourth-order valence-electron chi connectivity index (χ4n) is 1.81. The predicted octanol–water partition coefficient (Wildman–Crippen LogP) is 2.09. The molecular weight excluding hydrogens is 292 g/mol. The van der Waals surface area contributed by atoms with Gasteiger partial charge in [-0.1, -0.05) is 6.07 Å². The van der Waals surface area contributed by atoms with Gasteiger partial charge in [-0.05, 0) is 24.6 Å². The number of aromatic nitrogens is 2. The summed E-state index contributed by atoms with van der Waals surface area (Å²) >= 11 is 0. The number of carbonyl (C=O) groups excluding carboxylic acids is 1. The largest absolute Gasteiger partial charge is 0.399 e. The number of amides is 1. The third kappa shape index (κ3) is 4.47. The highest BCUT2D eigenvalue weighted by molar-refractivity contribution is 6.05. The van der Waals surface area contributed by atoms with Gasteiger partial charge in [0.2, 0.25) is 0 Å². The molecule has 0 saturated heterocycles. The summed E-state index contributed by atoms with van der Waals surface area (Å²) < 4.78 is 6.69. The van der Waals surface area contributed by atoms with Crippen LogP contribution in [0.5, 0.6) is 0 Å². The molecule has 0 spiro atoms. The van der Waals surface area contributed by atoms with Gasteiger partial charge in [0.25, 0.3) is 5.91 Å². The molecule has 114 valence electrons. The van der Waals surface area contributed by atoms with E-state index in [0.29, 0.717) is 30.2 Å². The lowest BCUT2D eigenvalue weighted by molar-refractivity contribution is 0.102. The van der Waals surface area contributed by atoms with E-state index in [9.17, 15) is 4.79 Å². The van der Waals surface area contributed by atoms with Crippen molar-refractivity contribution < 1.29 is 9.53 Å². The number of halogens is 1. The number of carbonyl (C=O) groups is 1. The first-order valence-electron chi connectivity index (χ1n) is 6.30. The number of benzene rings is 1. The summed E-state index contributed by atoms with van der Waals surface area (Å²) in [5.74, 6) is 0.291. The Balaban J connectivity index is 0.00000220. The molecule has 6 nitrogen and oxygen atoms in total. The molecule has 1 aromatic heterocycles. The molecule has 0 bridgehead atoms. The fourth-order valence-corrected chi connectivity index (χ4v) is 1.81. The van der Waals surface area contributed by atoms with Crippen molar-refractivity contribution >= 4 is 29.8 Å². The third-order valence-electron chi connectivity index (χ3n) is 2.91. The molecular formula is C14H19ClN4O2. The summed E-state index contributed by atoms with van der Waals surface area (Å²) in [6.45, 7) is 3.08. The van der Waals surface area contributed by atoms with Crippen LogP contribution >= 0.6 is 12.4 Å². The molecule has 1 aromatic carbocycles. The van der Waals surface area contributed by atoms with Crippen molar-refractivity contribution in [3.8, 4) is 0 Å². The van der Waals surface area contributed by atoms with Crippen LogP contribution in [0, 0.1) is 6.92 Å². The Kier molecular flexibility index (Phi) is 6.20. The SMILES string of the molecule is COCCn1ccc(NC(=O)c2cc(N)ccc2C)n1.Cl. The first-order valence-corrected chi connectivity index (χ1v) is 6.30. The van der Waals surface area contributed by atoms with Gasteiger partial charge in [0.05, 0.1) is 13.2 Å². The lowest BCUT2D eigenvalue weighted by Crippen LogP contribution is -2.14. The second-order valence-electron chi connectivity index (χ2n) is 4.49. The Labute approximate surface area is 129 Å². The van der Waals surface area contributed by atoms with Crippen molar-refractivity contribution in [1.82, 2.24) is 9.78 Å². The summed E-state index contributed by atoms with van der Waals surface area (Å²) in [4.78, 5) is 12.2. The maximum atomic E-state index is 12.2. The number of ether oxygens (including phenoxy) is 1. The number of nitrogens with two attached hydrogens (primary N) is 1. The molecule has 0 unspecified atom stereocenters. The molecule has 0 fully saturated rings. The van der Waals surface area contributed by atoms with Gasteiger partial charge < -0.3 is 15.8 Å². The van der Waals surface area contributed by atoms with Crippen molar-refractivity contribution in [3.05, 3.63) is 41.6 Å². The molecule has 0 aliphatic carbocycles. The second-order valence-corrected chi connectivity index (χ2v) is 4.49. The lowest BCUT2D eigenvalue weighted by atomic mass is 10.1. The average Bonchev–Trinajstić information content (AvgIpc) is 2.86. The Morgan fingerprint density at radius 3 is 2.90 bits per heavy atom.